The van der Waals surface area contributed by atoms with Crippen molar-refractivity contribution in [2.45, 2.75) is 38.6 Å². The number of likely N-dealkylation sites (N-methyl/N-ethyl adjacent to an activating group) is 1. The molecule has 2 aromatic rings. The van der Waals surface area contributed by atoms with E-state index in [0.29, 0.717) is 61.8 Å². The summed E-state index contributed by atoms with van der Waals surface area (Å²) >= 11 is 0. The minimum Gasteiger partial charge on any atom is -0.493 e. The maximum atomic E-state index is 12.7. The average Bonchev–Trinajstić information content (AvgIpc) is 3.27. The van der Waals surface area contributed by atoms with Gasteiger partial charge in [0.15, 0.2) is 11.5 Å². The van der Waals surface area contributed by atoms with Crippen molar-refractivity contribution in [1.82, 2.24) is 19.8 Å². The van der Waals surface area contributed by atoms with Gasteiger partial charge in [0.1, 0.15) is 12.4 Å². The Hall–Kier alpha value is -3.40. The number of amides is 2. The van der Waals surface area contributed by atoms with Crippen molar-refractivity contribution in [1.29, 1.82) is 0 Å². The van der Waals surface area contributed by atoms with Gasteiger partial charge >= 0.3 is 0 Å². The van der Waals surface area contributed by atoms with E-state index in [1.165, 1.54) is 6.42 Å². The number of ether oxygens (including phenoxy) is 2. The average molecular weight is 483 g/mol. The molecule has 2 fully saturated rings. The van der Waals surface area contributed by atoms with Crippen LogP contribution in [0.3, 0.4) is 0 Å². The third-order valence-electron chi connectivity index (χ3n) is 6.74. The first-order valence-corrected chi connectivity index (χ1v) is 12.1. The highest BCUT2D eigenvalue weighted by molar-refractivity contribution is 5.92. The van der Waals surface area contributed by atoms with Crippen LogP contribution in [-0.2, 0) is 9.59 Å². The summed E-state index contributed by atoms with van der Waals surface area (Å²) in [6, 6.07) is 7.63. The Morgan fingerprint density at radius 3 is 2.60 bits per heavy atom. The van der Waals surface area contributed by atoms with Crippen molar-refractivity contribution in [2.24, 2.45) is 5.92 Å². The third kappa shape index (κ3) is 6.39. The number of nitrogens with zero attached hydrogens (tertiary/aromatic N) is 4. The number of rotatable bonds is 8. The number of hydrogen-bond donors (Lipinski definition) is 2. The van der Waals surface area contributed by atoms with Crippen LogP contribution >= 0.6 is 0 Å². The van der Waals surface area contributed by atoms with Crippen LogP contribution in [0.15, 0.2) is 30.5 Å². The van der Waals surface area contributed by atoms with Gasteiger partial charge in [-0.15, -0.1) is 0 Å². The topological polar surface area (TPSA) is 109 Å². The quantitative estimate of drug-likeness (QED) is 0.591. The van der Waals surface area contributed by atoms with E-state index in [1.807, 2.05) is 18.2 Å². The van der Waals surface area contributed by atoms with Crippen molar-refractivity contribution in [3.63, 3.8) is 0 Å². The highest BCUT2D eigenvalue weighted by Gasteiger charge is 2.26. The minimum atomic E-state index is -0.141. The van der Waals surface area contributed by atoms with E-state index in [1.54, 1.807) is 31.2 Å². The first-order valence-electron chi connectivity index (χ1n) is 12.1. The number of methoxy groups -OCH3 is 1. The zero-order valence-corrected chi connectivity index (χ0v) is 20.6. The molecule has 3 heterocycles. The lowest BCUT2D eigenvalue weighted by molar-refractivity contribution is -0.132. The van der Waals surface area contributed by atoms with E-state index < -0.39 is 0 Å². The molecule has 2 N–H and O–H groups in total. The van der Waals surface area contributed by atoms with Gasteiger partial charge in [0.2, 0.25) is 17.8 Å². The number of nitrogens with one attached hydrogen (secondary N) is 2. The fourth-order valence-corrected chi connectivity index (χ4v) is 4.55. The van der Waals surface area contributed by atoms with Crippen molar-refractivity contribution < 1.29 is 19.1 Å². The second-order valence-electron chi connectivity index (χ2n) is 9.11. The SMILES string of the molecule is COc1ccc(Nc2nccc(NC(=O)C3CCN(C(C)=O)CC3)n2)cc1OCC1CCCN1C. The van der Waals surface area contributed by atoms with E-state index in [0.717, 1.165) is 18.7 Å². The number of piperidine rings is 1. The summed E-state index contributed by atoms with van der Waals surface area (Å²) < 4.78 is 11.6. The van der Waals surface area contributed by atoms with Gasteiger partial charge in [-0.25, -0.2) is 4.98 Å². The summed E-state index contributed by atoms with van der Waals surface area (Å²) in [5.74, 6) is 1.92. The Bertz CT molecular complexity index is 1040. The standard InChI is InChI=1S/C25H34N6O4/c1-17(32)31-13-9-18(10-14-31)24(33)28-23-8-11-26-25(29-23)27-19-6-7-21(34-3)22(15-19)35-16-20-5-4-12-30(20)2/h6-8,11,15,18,20H,4-5,9-10,12-14,16H2,1-3H3,(H2,26,27,28,29,33). The predicted molar refractivity (Wildman–Crippen MR) is 133 cm³/mol. The molecule has 0 saturated carbocycles. The number of anilines is 3. The van der Waals surface area contributed by atoms with Crippen LogP contribution in [0.4, 0.5) is 17.5 Å². The second kappa shape index (κ2) is 11.4. The lowest BCUT2D eigenvalue weighted by Gasteiger charge is -2.30. The summed E-state index contributed by atoms with van der Waals surface area (Å²) in [6.07, 6.45) is 5.20. The fraction of sp³-hybridized carbons (Fsp3) is 0.520. The fourth-order valence-electron chi connectivity index (χ4n) is 4.55. The van der Waals surface area contributed by atoms with E-state index in [4.69, 9.17) is 9.47 Å². The molecule has 2 amide bonds. The van der Waals surface area contributed by atoms with Gasteiger partial charge in [-0.05, 0) is 57.5 Å². The molecule has 188 valence electrons. The first-order chi connectivity index (χ1) is 16.9. The van der Waals surface area contributed by atoms with Gasteiger partial charge in [-0.1, -0.05) is 0 Å². The largest absolute Gasteiger partial charge is 0.493 e. The van der Waals surface area contributed by atoms with Gasteiger partial charge in [0, 0.05) is 49.9 Å². The van der Waals surface area contributed by atoms with Crippen LogP contribution in [0.1, 0.15) is 32.6 Å². The Morgan fingerprint density at radius 1 is 1.11 bits per heavy atom. The number of benzene rings is 1. The Labute approximate surface area is 206 Å². The zero-order chi connectivity index (χ0) is 24.8. The van der Waals surface area contributed by atoms with E-state index in [9.17, 15) is 9.59 Å². The van der Waals surface area contributed by atoms with Crippen LogP contribution in [0.25, 0.3) is 0 Å². The first kappa shape index (κ1) is 24.7. The molecule has 0 aliphatic carbocycles. The molecular formula is C25H34N6O4. The number of aromatic nitrogens is 2. The van der Waals surface area contributed by atoms with Crippen LogP contribution in [0.5, 0.6) is 11.5 Å². The third-order valence-corrected chi connectivity index (χ3v) is 6.74. The summed E-state index contributed by atoms with van der Waals surface area (Å²) in [7, 11) is 3.74. The molecule has 0 spiro atoms. The van der Waals surface area contributed by atoms with E-state index in [2.05, 4.69) is 32.5 Å². The van der Waals surface area contributed by atoms with E-state index >= 15 is 0 Å². The molecule has 2 aliphatic heterocycles. The Kier molecular flexibility index (Phi) is 8.02. The zero-order valence-electron chi connectivity index (χ0n) is 20.6. The molecule has 0 bridgehead atoms. The summed E-state index contributed by atoms with van der Waals surface area (Å²) in [4.78, 5) is 37.0. The Balaban J connectivity index is 1.37. The summed E-state index contributed by atoms with van der Waals surface area (Å²) in [5, 5.41) is 6.06. The van der Waals surface area contributed by atoms with Crippen LogP contribution < -0.4 is 20.1 Å². The van der Waals surface area contributed by atoms with Crippen LogP contribution in [0.2, 0.25) is 0 Å². The van der Waals surface area contributed by atoms with Crippen molar-refractivity contribution in [2.75, 3.05) is 51.0 Å². The molecule has 4 rings (SSSR count). The molecule has 1 atom stereocenters. The molecule has 35 heavy (non-hydrogen) atoms. The number of likely N-dealkylation sites (tertiary alicyclic amines) is 2. The number of carbonyl (C=O) groups excluding carboxylic acids is 2. The minimum absolute atomic E-state index is 0.0494. The van der Waals surface area contributed by atoms with Crippen LogP contribution in [-0.4, -0.2) is 78.0 Å². The van der Waals surface area contributed by atoms with Crippen molar-refractivity contribution in [3.8, 4) is 11.5 Å². The highest BCUT2D eigenvalue weighted by atomic mass is 16.5. The van der Waals surface area contributed by atoms with E-state index in [-0.39, 0.29) is 17.7 Å². The summed E-state index contributed by atoms with van der Waals surface area (Å²) in [6.45, 7) is 4.45. The molecule has 1 aromatic carbocycles. The summed E-state index contributed by atoms with van der Waals surface area (Å²) in [5.41, 5.74) is 0.751. The molecule has 2 aliphatic rings. The molecule has 10 nitrogen and oxygen atoms in total. The monoisotopic (exact) mass is 482 g/mol. The highest BCUT2D eigenvalue weighted by Crippen LogP contribution is 2.32. The van der Waals surface area contributed by atoms with Gasteiger partial charge in [0.25, 0.3) is 0 Å². The van der Waals surface area contributed by atoms with Gasteiger partial charge in [-0.3, -0.25) is 9.59 Å². The molecule has 2 saturated heterocycles. The van der Waals surface area contributed by atoms with Gasteiger partial charge < -0.3 is 29.9 Å². The normalized spacial score (nSPS) is 18.8. The van der Waals surface area contributed by atoms with Crippen LogP contribution in [0, 0.1) is 5.92 Å². The second-order valence-corrected chi connectivity index (χ2v) is 9.11. The lowest BCUT2D eigenvalue weighted by Crippen LogP contribution is -2.40. The molecule has 10 heteroatoms. The molecule has 1 aromatic heterocycles. The predicted octanol–water partition coefficient (Wildman–Crippen LogP) is 2.90. The molecular weight excluding hydrogens is 448 g/mol. The van der Waals surface area contributed by atoms with Crippen molar-refractivity contribution >= 4 is 29.3 Å². The maximum Gasteiger partial charge on any atom is 0.229 e. The maximum absolute atomic E-state index is 12.7. The van der Waals surface area contributed by atoms with Crippen molar-refractivity contribution in [3.05, 3.63) is 30.5 Å². The number of carbonyl (C=O) groups is 2. The molecule has 1 unspecified atom stereocenters. The van der Waals surface area contributed by atoms with Gasteiger partial charge in [-0.2, -0.15) is 4.98 Å². The van der Waals surface area contributed by atoms with Gasteiger partial charge in [0.05, 0.1) is 7.11 Å². The molecule has 0 radical (unpaired) electrons. The smallest absolute Gasteiger partial charge is 0.229 e. The Morgan fingerprint density at radius 2 is 1.91 bits per heavy atom. The lowest BCUT2D eigenvalue weighted by atomic mass is 9.96. The number of hydrogen-bond acceptors (Lipinski definition) is 8.